The first kappa shape index (κ1) is 17.5. The Kier molecular flexibility index (Phi) is 6.20. The molecular weight excluding hydrogens is 290 g/mol. The van der Waals surface area contributed by atoms with Crippen LogP contribution in [-0.4, -0.2) is 29.8 Å². The van der Waals surface area contributed by atoms with Crippen molar-refractivity contribution in [2.75, 3.05) is 0 Å². The van der Waals surface area contributed by atoms with E-state index < -0.39 is 23.7 Å². The molecule has 1 N–H and O–H groups in total. The van der Waals surface area contributed by atoms with Gasteiger partial charge in [0.05, 0.1) is 0 Å². The molecule has 0 fully saturated rings. The van der Waals surface area contributed by atoms with E-state index in [4.69, 9.17) is 9.47 Å². The van der Waals surface area contributed by atoms with E-state index in [1.165, 1.54) is 0 Å². The normalized spacial score (nSPS) is 14.1. The van der Waals surface area contributed by atoms with Gasteiger partial charge >= 0.3 is 12.1 Å². The van der Waals surface area contributed by atoms with Crippen LogP contribution in [0.5, 0.6) is 0 Å². The smallest absolute Gasteiger partial charge is 0.408 e. The largest absolute Gasteiger partial charge is 0.461 e. The van der Waals surface area contributed by atoms with E-state index in [0.717, 1.165) is 4.88 Å². The van der Waals surface area contributed by atoms with Gasteiger partial charge in [-0.1, -0.05) is 6.07 Å². The molecule has 1 amide bonds. The van der Waals surface area contributed by atoms with Crippen LogP contribution in [0, 0.1) is 0 Å². The van der Waals surface area contributed by atoms with Crippen molar-refractivity contribution in [1.82, 2.24) is 5.32 Å². The number of carbonyl (C=O) groups excluding carboxylic acids is 2. The first-order valence-electron chi connectivity index (χ1n) is 6.90. The standard InChI is InChI=1S/C15H23NO4S/c1-10(9-12-7-6-8-21-12)19-13(17)11(2)16-14(18)20-15(3,4)5/h6-8,10-11H,9H2,1-5H3,(H,16,18)/t10-,11-/m0/s1. The molecule has 0 aliphatic rings. The lowest BCUT2D eigenvalue weighted by molar-refractivity contribution is -0.150. The molecule has 1 aromatic heterocycles. The van der Waals surface area contributed by atoms with E-state index in [2.05, 4.69) is 5.32 Å². The molecule has 0 aliphatic carbocycles. The molecule has 0 aliphatic heterocycles. The molecule has 1 aromatic rings. The number of rotatable bonds is 5. The number of esters is 1. The van der Waals surface area contributed by atoms with Crippen LogP contribution in [0.4, 0.5) is 4.79 Å². The minimum Gasteiger partial charge on any atom is -0.461 e. The fraction of sp³-hybridized carbons (Fsp3) is 0.600. The van der Waals surface area contributed by atoms with Gasteiger partial charge in [-0.3, -0.25) is 0 Å². The zero-order chi connectivity index (χ0) is 16.0. The van der Waals surface area contributed by atoms with Crippen molar-refractivity contribution in [2.24, 2.45) is 0 Å². The van der Waals surface area contributed by atoms with Crippen molar-refractivity contribution in [2.45, 2.75) is 58.8 Å². The van der Waals surface area contributed by atoms with Crippen LogP contribution in [0.15, 0.2) is 17.5 Å². The Morgan fingerprint density at radius 2 is 2.00 bits per heavy atom. The highest BCUT2D eigenvalue weighted by Crippen LogP contribution is 2.13. The second-order valence-corrected chi connectivity index (χ2v) is 6.93. The third-order valence-corrected chi connectivity index (χ3v) is 3.37. The molecule has 0 radical (unpaired) electrons. The highest BCUT2D eigenvalue weighted by molar-refractivity contribution is 7.09. The second-order valence-electron chi connectivity index (χ2n) is 5.90. The Balaban J connectivity index is 2.38. The summed E-state index contributed by atoms with van der Waals surface area (Å²) in [5.74, 6) is -0.468. The van der Waals surface area contributed by atoms with E-state index in [1.807, 2.05) is 24.4 Å². The first-order valence-corrected chi connectivity index (χ1v) is 7.77. The highest BCUT2D eigenvalue weighted by atomic mass is 32.1. The molecule has 6 heteroatoms. The van der Waals surface area contributed by atoms with Gasteiger partial charge in [0.2, 0.25) is 0 Å². The van der Waals surface area contributed by atoms with Crippen LogP contribution in [0.2, 0.25) is 0 Å². The molecule has 0 aromatic carbocycles. The van der Waals surface area contributed by atoms with Crippen molar-refractivity contribution in [3.05, 3.63) is 22.4 Å². The monoisotopic (exact) mass is 313 g/mol. The van der Waals surface area contributed by atoms with Crippen molar-refractivity contribution >= 4 is 23.4 Å². The predicted molar refractivity (Wildman–Crippen MR) is 82.4 cm³/mol. The van der Waals surface area contributed by atoms with Crippen LogP contribution in [0.1, 0.15) is 39.5 Å². The van der Waals surface area contributed by atoms with E-state index in [-0.39, 0.29) is 6.10 Å². The summed E-state index contributed by atoms with van der Waals surface area (Å²) >= 11 is 1.62. The maximum absolute atomic E-state index is 11.9. The van der Waals surface area contributed by atoms with E-state index >= 15 is 0 Å². The summed E-state index contributed by atoms with van der Waals surface area (Å²) in [5.41, 5.74) is -0.597. The lowest BCUT2D eigenvalue weighted by Crippen LogP contribution is -2.43. The molecule has 0 bridgehead atoms. The Labute approximate surface area is 129 Å². The van der Waals surface area contributed by atoms with Gasteiger partial charge in [0, 0.05) is 11.3 Å². The van der Waals surface area contributed by atoms with Gasteiger partial charge in [0.1, 0.15) is 17.7 Å². The minimum absolute atomic E-state index is 0.237. The van der Waals surface area contributed by atoms with Gasteiger partial charge in [-0.15, -0.1) is 11.3 Å². The van der Waals surface area contributed by atoms with Gasteiger partial charge in [0.25, 0.3) is 0 Å². The number of alkyl carbamates (subject to hydrolysis) is 1. The molecule has 2 atom stereocenters. The average molecular weight is 313 g/mol. The number of amides is 1. The highest BCUT2D eigenvalue weighted by Gasteiger charge is 2.23. The number of ether oxygens (including phenoxy) is 2. The molecule has 0 saturated heterocycles. The van der Waals surface area contributed by atoms with E-state index in [0.29, 0.717) is 6.42 Å². The van der Waals surface area contributed by atoms with Crippen LogP contribution in [-0.2, 0) is 20.7 Å². The van der Waals surface area contributed by atoms with Gasteiger partial charge in [-0.05, 0) is 46.1 Å². The summed E-state index contributed by atoms with van der Waals surface area (Å²) in [6, 6.07) is 3.21. The summed E-state index contributed by atoms with van der Waals surface area (Å²) in [7, 11) is 0. The van der Waals surface area contributed by atoms with Crippen molar-refractivity contribution in [1.29, 1.82) is 0 Å². The summed E-state index contributed by atoms with van der Waals surface area (Å²) in [5, 5.41) is 4.45. The fourth-order valence-electron chi connectivity index (χ4n) is 1.60. The maximum atomic E-state index is 11.9. The van der Waals surface area contributed by atoms with Crippen LogP contribution in [0.25, 0.3) is 0 Å². The summed E-state index contributed by atoms with van der Waals surface area (Å²) < 4.78 is 10.4. The topological polar surface area (TPSA) is 64.6 Å². The SMILES string of the molecule is C[C@H](NC(=O)OC(C)(C)C)C(=O)O[C@@H](C)Cc1cccs1. The predicted octanol–water partition coefficient (Wildman–Crippen LogP) is 3.14. The third kappa shape index (κ3) is 7.13. The molecule has 5 nitrogen and oxygen atoms in total. The molecule has 0 spiro atoms. The zero-order valence-electron chi connectivity index (χ0n) is 13.1. The van der Waals surface area contributed by atoms with Gasteiger partial charge in [0.15, 0.2) is 0 Å². The molecule has 21 heavy (non-hydrogen) atoms. The number of nitrogens with one attached hydrogen (secondary N) is 1. The van der Waals surface area contributed by atoms with E-state index in [1.54, 1.807) is 39.0 Å². The van der Waals surface area contributed by atoms with Gasteiger partial charge in [-0.2, -0.15) is 0 Å². The maximum Gasteiger partial charge on any atom is 0.408 e. The van der Waals surface area contributed by atoms with Gasteiger partial charge < -0.3 is 14.8 Å². The molecular formula is C15H23NO4S. The van der Waals surface area contributed by atoms with Crippen molar-refractivity contribution < 1.29 is 19.1 Å². The van der Waals surface area contributed by atoms with E-state index in [9.17, 15) is 9.59 Å². The van der Waals surface area contributed by atoms with Gasteiger partial charge in [-0.25, -0.2) is 9.59 Å². The Morgan fingerprint density at radius 3 is 2.52 bits per heavy atom. The lowest BCUT2D eigenvalue weighted by atomic mass is 10.2. The van der Waals surface area contributed by atoms with Crippen molar-refractivity contribution in [3.8, 4) is 0 Å². The van der Waals surface area contributed by atoms with Crippen LogP contribution >= 0.6 is 11.3 Å². The number of hydrogen-bond acceptors (Lipinski definition) is 5. The first-order chi connectivity index (χ1) is 9.67. The zero-order valence-corrected chi connectivity index (χ0v) is 14.0. The second kappa shape index (κ2) is 7.45. The minimum atomic E-state index is -0.745. The number of hydrogen-bond donors (Lipinski definition) is 1. The lowest BCUT2D eigenvalue weighted by Gasteiger charge is -2.22. The van der Waals surface area contributed by atoms with Crippen LogP contribution in [0.3, 0.4) is 0 Å². The van der Waals surface area contributed by atoms with Crippen molar-refractivity contribution in [3.63, 3.8) is 0 Å². The summed E-state index contributed by atoms with van der Waals surface area (Å²) in [6.45, 7) is 8.69. The Bertz CT molecular complexity index is 465. The molecule has 0 saturated carbocycles. The molecule has 0 unspecified atom stereocenters. The Morgan fingerprint density at radius 1 is 1.33 bits per heavy atom. The fourth-order valence-corrected chi connectivity index (χ4v) is 2.42. The number of carbonyl (C=O) groups is 2. The molecule has 1 heterocycles. The number of thiophene rings is 1. The summed E-state index contributed by atoms with van der Waals surface area (Å²) in [4.78, 5) is 24.6. The Hall–Kier alpha value is -1.56. The third-order valence-electron chi connectivity index (χ3n) is 2.47. The quantitative estimate of drug-likeness (QED) is 0.848. The average Bonchev–Trinajstić information content (AvgIpc) is 2.78. The summed E-state index contributed by atoms with van der Waals surface area (Å²) in [6.07, 6.45) is -0.195. The van der Waals surface area contributed by atoms with Crippen LogP contribution < -0.4 is 5.32 Å². The molecule has 118 valence electrons. The molecule has 1 rings (SSSR count).